The fourth-order valence-electron chi connectivity index (χ4n) is 4.70. The maximum Gasteiger partial charge on any atom is 0.240 e. The van der Waals surface area contributed by atoms with Gasteiger partial charge in [-0.3, -0.25) is 14.6 Å². The van der Waals surface area contributed by atoms with E-state index in [-0.39, 0.29) is 17.2 Å². The summed E-state index contributed by atoms with van der Waals surface area (Å²) in [7, 11) is 1.57. The number of nitrogens with one attached hydrogen (secondary N) is 2. The molecule has 12 heteroatoms. The zero-order valence-corrected chi connectivity index (χ0v) is 23.1. The van der Waals surface area contributed by atoms with Crippen molar-refractivity contribution in [1.29, 1.82) is 0 Å². The Bertz CT molecular complexity index is 1690. The summed E-state index contributed by atoms with van der Waals surface area (Å²) < 4.78 is 57.0. The number of rotatable bonds is 10. The molecule has 1 aliphatic carbocycles. The van der Waals surface area contributed by atoms with Gasteiger partial charge >= 0.3 is 0 Å². The highest BCUT2D eigenvalue weighted by atomic mass is 19.1. The number of hydrogen-bond acceptors (Lipinski definition) is 8. The van der Waals surface area contributed by atoms with E-state index < -0.39 is 28.9 Å². The predicted octanol–water partition coefficient (Wildman–Crippen LogP) is 5.46. The summed E-state index contributed by atoms with van der Waals surface area (Å²) in [5.74, 6) is -0.879. The Labute approximate surface area is 244 Å². The summed E-state index contributed by atoms with van der Waals surface area (Å²) in [4.78, 5) is 30.3. The number of methoxy groups -OCH3 is 1. The van der Waals surface area contributed by atoms with E-state index in [4.69, 9.17) is 23.7 Å². The van der Waals surface area contributed by atoms with Gasteiger partial charge in [0.05, 0.1) is 17.5 Å². The van der Waals surface area contributed by atoms with Gasteiger partial charge in [0.1, 0.15) is 36.8 Å². The highest BCUT2D eigenvalue weighted by Gasteiger charge is 2.56. The van der Waals surface area contributed by atoms with E-state index in [9.17, 15) is 14.0 Å². The third kappa shape index (κ3) is 5.73. The van der Waals surface area contributed by atoms with Crippen LogP contribution in [0, 0.1) is 17.0 Å². The number of fused-ring (bicyclic) bond motifs is 3. The van der Waals surface area contributed by atoms with Gasteiger partial charge in [-0.15, -0.1) is 0 Å². The number of nitrogens with zero attached hydrogens (tertiary/aromatic N) is 1. The van der Waals surface area contributed by atoms with Crippen LogP contribution in [0.1, 0.15) is 12.8 Å². The number of aromatic nitrogens is 1. The Morgan fingerprint density at radius 2 is 1.56 bits per heavy atom. The molecule has 4 aromatic rings. The number of carbonyl (C=O) groups excluding carboxylic acids is 2. The normalized spacial score (nSPS) is 14.6. The summed E-state index contributed by atoms with van der Waals surface area (Å²) in [6.07, 6.45) is 2.19. The number of hydrogen-bond donors (Lipinski definition) is 2. The summed E-state index contributed by atoms with van der Waals surface area (Å²) in [5.41, 5.74) is -0.271. The maximum absolute atomic E-state index is 15.3. The van der Waals surface area contributed by atoms with E-state index in [1.807, 2.05) is 0 Å². The molecule has 10 nitrogen and oxygen atoms in total. The largest absolute Gasteiger partial charge is 0.487 e. The zero-order valence-electron chi connectivity index (χ0n) is 23.1. The van der Waals surface area contributed by atoms with Crippen molar-refractivity contribution < 1.29 is 42.1 Å². The number of anilines is 2. The molecule has 1 saturated carbocycles. The third-order valence-electron chi connectivity index (χ3n) is 7.12. The van der Waals surface area contributed by atoms with Crippen molar-refractivity contribution >= 4 is 34.1 Å². The summed E-state index contributed by atoms with van der Waals surface area (Å²) in [5, 5.41) is 5.75. The molecule has 1 aliphatic heterocycles. The van der Waals surface area contributed by atoms with E-state index >= 15 is 4.39 Å². The van der Waals surface area contributed by atoms with Crippen LogP contribution in [0.4, 0.5) is 20.2 Å². The molecule has 43 heavy (non-hydrogen) atoms. The van der Waals surface area contributed by atoms with Crippen LogP contribution in [0.5, 0.6) is 28.7 Å². The van der Waals surface area contributed by atoms with Crippen LogP contribution < -0.4 is 29.6 Å². The maximum atomic E-state index is 15.3. The van der Waals surface area contributed by atoms with Crippen molar-refractivity contribution in [1.82, 2.24) is 4.98 Å². The summed E-state index contributed by atoms with van der Waals surface area (Å²) >= 11 is 0. The molecule has 1 aromatic heterocycles. The average Bonchev–Trinajstić information content (AvgIpc) is 3.82. The molecule has 2 amide bonds. The molecule has 2 aliphatic rings. The van der Waals surface area contributed by atoms with Crippen molar-refractivity contribution in [2.45, 2.75) is 12.8 Å². The molecule has 0 atom stereocenters. The van der Waals surface area contributed by atoms with Crippen LogP contribution in [0.2, 0.25) is 0 Å². The van der Waals surface area contributed by atoms with Crippen molar-refractivity contribution in [3.63, 3.8) is 0 Å². The van der Waals surface area contributed by atoms with Gasteiger partial charge in [0, 0.05) is 36.8 Å². The minimum atomic E-state index is -1.29. The summed E-state index contributed by atoms with van der Waals surface area (Å²) in [6, 6.07) is 12.5. The van der Waals surface area contributed by atoms with Gasteiger partial charge in [-0.25, -0.2) is 8.78 Å². The second-order valence-corrected chi connectivity index (χ2v) is 10.0. The highest BCUT2D eigenvalue weighted by molar-refractivity contribution is 6.16. The van der Waals surface area contributed by atoms with Gasteiger partial charge in [-0.05, 0) is 55.3 Å². The van der Waals surface area contributed by atoms with E-state index in [1.165, 1.54) is 42.6 Å². The average molecular weight is 592 g/mol. The van der Waals surface area contributed by atoms with E-state index in [1.54, 1.807) is 19.2 Å². The third-order valence-corrected chi connectivity index (χ3v) is 7.12. The summed E-state index contributed by atoms with van der Waals surface area (Å²) in [6.45, 7) is 1.29. The molecule has 0 radical (unpaired) electrons. The second-order valence-electron chi connectivity index (χ2n) is 10.0. The number of pyridine rings is 1. The molecule has 3 aromatic carbocycles. The predicted molar refractivity (Wildman–Crippen MR) is 152 cm³/mol. The first-order valence-corrected chi connectivity index (χ1v) is 13.6. The Morgan fingerprint density at radius 3 is 2.26 bits per heavy atom. The SMILES string of the molecule is COCCOc1cc2nccc(Oc3ccc(NC(=O)C4(C(=O)Nc5ccc(F)cc5)CC4)cc3F)c2c2c1OCCO2. The number of ether oxygens (including phenoxy) is 5. The zero-order chi connectivity index (χ0) is 30.0. The Balaban J connectivity index is 1.20. The fraction of sp³-hybridized carbons (Fsp3) is 0.258. The number of benzene rings is 3. The van der Waals surface area contributed by atoms with E-state index in [0.29, 0.717) is 73.1 Å². The van der Waals surface area contributed by atoms with Crippen LogP contribution in [-0.2, 0) is 14.3 Å². The molecule has 0 spiro atoms. The van der Waals surface area contributed by atoms with Crippen molar-refractivity contribution in [2.24, 2.45) is 5.41 Å². The van der Waals surface area contributed by atoms with E-state index in [2.05, 4.69) is 15.6 Å². The first-order chi connectivity index (χ1) is 20.9. The highest BCUT2D eigenvalue weighted by Crippen LogP contribution is 2.49. The molecule has 6 rings (SSSR count). The standard InChI is InChI=1S/C31H27F2N3O7/c1-39-12-13-40-25-17-22-26(28-27(25)41-14-15-42-28)24(8-11-34-22)43-23-7-6-20(16-21(23)33)36-30(38)31(9-10-31)29(37)35-19-4-2-18(32)3-5-19/h2-8,11,16-17H,9-10,12-15H2,1H3,(H,35,37)(H,36,38). The Morgan fingerprint density at radius 1 is 0.860 bits per heavy atom. The van der Waals surface area contributed by atoms with Crippen molar-refractivity contribution in [2.75, 3.05) is 44.2 Å². The smallest absolute Gasteiger partial charge is 0.240 e. The number of halogens is 2. The van der Waals surface area contributed by atoms with Gasteiger partial charge in [-0.2, -0.15) is 0 Å². The lowest BCUT2D eigenvalue weighted by atomic mass is 10.0. The van der Waals surface area contributed by atoms with Gasteiger partial charge in [0.15, 0.2) is 23.1 Å². The second kappa shape index (κ2) is 11.7. The van der Waals surface area contributed by atoms with Crippen molar-refractivity contribution in [3.8, 4) is 28.7 Å². The fourth-order valence-corrected chi connectivity index (χ4v) is 4.70. The molecule has 1 fully saturated rings. The lowest BCUT2D eigenvalue weighted by molar-refractivity contribution is -0.131. The van der Waals surface area contributed by atoms with Gasteiger partial charge in [0.25, 0.3) is 0 Å². The van der Waals surface area contributed by atoms with Gasteiger partial charge < -0.3 is 34.3 Å². The quantitative estimate of drug-likeness (QED) is 0.185. The van der Waals surface area contributed by atoms with Gasteiger partial charge in [-0.1, -0.05) is 0 Å². The van der Waals surface area contributed by atoms with Crippen LogP contribution in [-0.4, -0.2) is 50.3 Å². The minimum absolute atomic E-state index is 0.105. The van der Waals surface area contributed by atoms with Crippen LogP contribution in [0.3, 0.4) is 0 Å². The topological polar surface area (TPSA) is 117 Å². The molecule has 2 N–H and O–H groups in total. The molecule has 0 bridgehead atoms. The molecular weight excluding hydrogens is 564 g/mol. The number of amides is 2. The Kier molecular flexibility index (Phi) is 7.68. The van der Waals surface area contributed by atoms with Crippen molar-refractivity contribution in [3.05, 3.63) is 72.4 Å². The Hall–Kier alpha value is -4.97. The number of carbonyl (C=O) groups is 2. The molecule has 2 heterocycles. The lowest BCUT2D eigenvalue weighted by Crippen LogP contribution is -2.35. The van der Waals surface area contributed by atoms with E-state index in [0.717, 1.165) is 6.07 Å². The minimum Gasteiger partial charge on any atom is -0.487 e. The molecule has 0 saturated heterocycles. The molecular formula is C31H27F2N3O7. The lowest BCUT2D eigenvalue weighted by Gasteiger charge is -2.23. The van der Waals surface area contributed by atoms with Crippen LogP contribution >= 0.6 is 0 Å². The van der Waals surface area contributed by atoms with Gasteiger partial charge in [0.2, 0.25) is 17.6 Å². The van der Waals surface area contributed by atoms with Crippen LogP contribution in [0.25, 0.3) is 10.9 Å². The molecule has 222 valence electrons. The first-order valence-electron chi connectivity index (χ1n) is 13.6. The monoisotopic (exact) mass is 591 g/mol. The molecule has 0 unspecified atom stereocenters. The first kappa shape index (κ1) is 28.2. The van der Waals surface area contributed by atoms with Crippen LogP contribution in [0.15, 0.2) is 60.8 Å².